The summed E-state index contributed by atoms with van der Waals surface area (Å²) in [6.07, 6.45) is -0.554. The number of amides is 1. The summed E-state index contributed by atoms with van der Waals surface area (Å²) < 4.78 is 5.81. The van der Waals surface area contributed by atoms with E-state index in [2.05, 4.69) is 11.4 Å². The molecule has 22 heavy (non-hydrogen) atoms. The molecule has 3 heteroatoms. The van der Waals surface area contributed by atoms with Crippen molar-refractivity contribution in [2.75, 3.05) is 5.32 Å². The topological polar surface area (TPSA) is 38.3 Å². The normalized spacial score (nSPS) is 11.9. The van der Waals surface area contributed by atoms with E-state index in [0.29, 0.717) is 0 Å². The zero-order chi connectivity index (χ0) is 16.3. The summed E-state index contributed by atoms with van der Waals surface area (Å²) in [5, 5.41) is 2.91. The summed E-state index contributed by atoms with van der Waals surface area (Å²) in [7, 11) is 0. The molecule has 0 heterocycles. The second kappa shape index (κ2) is 6.65. The SMILES string of the molecule is Cc1cc(C)cc(NC(=O)C(C)Oc2cccc(C)c2C)c1. The first-order valence-electron chi connectivity index (χ1n) is 7.49. The van der Waals surface area contributed by atoms with Gasteiger partial charge in [0.25, 0.3) is 5.91 Å². The molecule has 0 radical (unpaired) electrons. The molecular formula is C19H23NO2. The minimum Gasteiger partial charge on any atom is -0.481 e. The summed E-state index contributed by atoms with van der Waals surface area (Å²) in [5.41, 5.74) is 5.27. The first-order chi connectivity index (χ1) is 10.4. The molecule has 1 N–H and O–H groups in total. The quantitative estimate of drug-likeness (QED) is 0.912. The number of carbonyl (C=O) groups is 1. The number of benzene rings is 2. The Morgan fingerprint density at radius 2 is 1.68 bits per heavy atom. The minimum atomic E-state index is -0.554. The van der Waals surface area contributed by atoms with Crippen molar-refractivity contribution in [2.24, 2.45) is 0 Å². The van der Waals surface area contributed by atoms with Crippen LogP contribution in [0.25, 0.3) is 0 Å². The average molecular weight is 297 g/mol. The maximum absolute atomic E-state index is 12.3. The van der Waals surface area contributed by atoms with Crippen molar-refractivity contribution >= 4 is 11.6 Å². The van der Waals surface area contributed by atoms with Crippen molar-refractivity contribution in [1.29, 1.82) is 0 Å². The number of anilines is 1. The van der Waals surface area contributed by atoms with Gasteiger partial charge >= 0.3 is 0 Å². The monoisotopic (exact) mass is 297 g/mol. The molecule has 116 valence electrons. The van der Waals surface area contributed by atoms with E-state index >= 15 is 0 Å². The number of nitrogens with one attached hydrogen (secondary N) is 1. The predicted octanol–water partition coefficient (Wildman–Crippen LogP) is 4.33. The van der Waals surface area contributed by atoms with Crippen molar-refractivity contribution in [1.82, 2.24) is 0 Å². The lowest BCUT2D eigenvalue weighted by atomic mass is 10.1. The van der Waals surface area contributed by atoms with E-state index in [1.54, 1.807) is 6.92 Å². The lowest BCUT2D eigenvalue weighted by Gasteiger charge is -2.17. The van der Waals surface area contributed by atoms with E-state index in [-0.39, 0.29) is 5.91 Å². The fraction of sp³-hybridized carbons (Fsp3) is 0.316. The molecule has 0 spiro atoms. The number of aryl methyl sites for hydroxylation is 3. The third kappa shape index (κ3) is 3.88. The molecule has 1 atom stereocenters. The van der Waals surface area contributed by atoms with Gasteiger partial charge in [0, 0.05) is 5.69 Å². The van der Waals surface area contributed by atoms with Gasteiger partial charge in [-0.1, -0.05) is 18.2 Å². The van der Waals surface area contributed by atoms with E-state index in [1.807, 2.05) is 58.0 Å². The summed E-state index contributed by atoms with van der Waals surface area (Å²) >= 11 is 0. The Morgan fingerprint density at radius 1 is 1.05 bits per heavy atom. The largest absolute Gasteiger partial charge is 0.481 e. The fourth-order valence-electron chi connectivity index (χ4n) is 2.39. The Kier molecular flexibility index (Phi) is 4.86. The summed E-state index contributed by atoms with van der Waals surface area (Å²) in [5.74, 6) is 0.606. The van der Waals surface area contributed by atoms with Crippen molar-refractivity contribution in [3.63, 3.8) is 0 Å². The molecule has 0 aromatic heterocycles. The highest BCUT2D eigenvalue weighted by molar-refractivity contribution is 5.94. The van der Waals surface area contributed by atoms with Gasteiger partial charge in [0.15, 0.2) is 6.10 Å². The van der Waals surface area contributed by atoms with Gasteiger partial charge in [-0.2, -0.15) is 0 Å². The van der Waals surface area contributed by atoms with Gasteiger partial charge < -0.3 is 10.1 Å². The molecular weight excluding hydrogens is 274 g/mol. The van der Waals surface area contributed by atoms with Crippen molar-refractivity contribution in [3.05, 3.63) is 58.7 Å². The molecule has 0 fully saturated rings. The van der Waals surface area contributed by atoms with Crippen LogP contribution in [0.1, 0.15) is 29.2 Å². The highest BCUT2D eigenvalue weighted by Crippen LogP contribution is 2.22. The maximum atomic E-state index is 12.3. The molecule has 0 aliphatic carbocycles. The molecule has 1 unspecified atom stereocenters. The molecule has 2 aromatic carbocycles. The minimum absolute atomic E-state index is 0.147. The molecule has 0 saturated heterocycles. The number of hydrogen-bond acceptors (Lipinski definition) is 2. The Labute approximate surface area is 132 Å². The number of rotatable bonds is 4. The van der Waals surface area contributed by atoms with Crippen LogP contribution in [0.15, 0.2) is 36.4 Å². The van der Waals surface area contributed by atoms with E-state index in [9.17, 15) is 4.79 Å². The standard InChI is InChI=1S/C19H23NO2/c1-12-9-13(2)11-17(10-12)20-19(21)16(5)22-18-8-6-7-14(3)15(18)4/h6-11,16H,1-5H3,(H,20,21). The molecule has 0 aliphatic heterocycles. The Hall–Kier alpha value is -2.29. The lowest BCUT2D eigenvalue weighted by molar-refractivity contribution is -0.122. The van der Waals surface area contributed by atoms with Crippen LogP contribution in [0.2, 0.25) is 0 Å². The second-order valence-electron chi connectivity index (χ2n) is 5.82. The van der Waals surface area contributed by atoms with Gasteiger partial charge in [-0.05, 0) is 75.1 Å². The molecule has 0 aliphatic rings. The van der Waals surface area contributed by atoms with Crippen LogP contribution >= 0.6 is 0 Å². The molecule has 0 bridgehead atoms. The fourth-order valence-corrected chi connectivity index (χ4v) is 2.39. The van der Waals surface area contributed by atoms with E-state index in [4.69, 9.17) is 4.74 Å². The molecule has 3 nitrogen and oxygen atoms in total. The van der Waals surface area contributed by atoms with Gasteiger partial charge in [-0.15, -0.1) is 0 Å². The second-order valence-corrected chi connectivity index (χ2v) is 5.82. The van der Waals surface area contributed by atoms with E-state index in [1.165, 1.54) is 0 Å². The summed E-state index contributed by atoms with van der Waals surface area (Å²) in [4.78, 5) is 12.3. The number of carbonyl (C=O) groups excluding carboxylic acids is 1. The first kappa shape index (κ1) is 16.1. The van der Waals surface area contributed by atoms with Crippen LogP contribution in [0.5, 0.6) is 5.75 Å². The molecule has 0 saturated carbocycles. The van der Waals surface area contributed by atoms with Crippen molar-refractivity contribution in [3.8, 4) is 5.75 Å². The average Bonchev–Trinajstić information content (AvgIpc) is 2.42. The van der Waals surface area contributed by atoms with E-state index in [0.717, 1.165) is 33.7 Å². The van der Waals surface area contributed by atoms with Crippen LogP contribution < -0.4 is 10.1 Å². The Bertz CT molecular complexity index is 672. The Balaban J connectivity index is 2.07. The van der Waals surface area contributed by atoms with Gasteiger partial charge in [0.05, 0.1) is 0 Å². The highest BCUT2D eigenvalue weighted by Gasteiger charge is 2.16. The summed E-state index contributed by atoms with van der Waals surface area (Å²) in [6, 6.07) is 11.8. The predicted molar refractivity (Wildman–Crippen MR) is 90.6 cm³/mol. The van der Waals surface area contributed by atoms with Crippen LogP contribution in [-0.4, -0.2) is 12.0 Å². The van der Waals surface area contributed by atoms with Crippen LogP contribution in [0.4, 0.5) is 5.69 Å². The zero-order valence-electron chi connectivity index (χ0n) is 13.9. The van der Waals surface area contributed by atoms with Crippen LogP contribution in [0, 0.1) is 27.7 Å². The van der Waals surface area contributed by atoms with Crippen molar-refractivity contribution < 1.29 is 9.53 Å². The first-order valence-corrected chi connectivity index (χ1v) is 7.49. The summed E-state index contributed by atoms with van der Waals surface area (Å²) in [6.45, 7) is 9.82. The number of ether oxygens (including phenoxy) is 1. The third-order valence-corrected chi connectivity index (χ3v) is 3.72. The number of hydrogen-bond donors (Lipinski definition) is 1. The molecule has 2 aromatic rings. The van der Waals surface area contributed by atoms with Gasteiger partial charge in [0.2, 0.25) is 0 Å². The Morgan fingerprint density at radius 3 is 2.32 bits per heavy atom. The lowest BCUT2D eigenvalue weighted by Crippen LogP contribution is -2.30. The maximum Gasteiger partial charge on any atom is 0.265 e. The van der Waals surface area contributed by atoms with Crippen molar-refractivity contribution in [2.45, 2.75) is 40.7 Å². The highest BCUT2D eigenvalue weighted by atomic mass is 16.5. The van der Waals surface area contributed by atoms with E-state index < -0.39 is 6.10 Å². The molecule has 2 rings (SSSR count). The van der Waals surface area contributed by atoms with Crippen LogP contribution in [-0.2, 0) is 4.79 Å². The van der Waals surface area contributed by atoms with Gasteiger partial charge in [0.1, 0.15) is 5.75 Å². The van der Waals surface area contributed by atoms with Gasteiger partial charge in [-0.3, -0.25) is 4.79 Å². The smallest absolute Gasteiger partial charge is 0.265 e. The zero-order valence-corrected chi connectivity index (χ0v) is 13.9. The molecule has 1 amide bonds. The van der Waals surface area contributed by atoms with Crippen LogP contribution in [0.3, 0.4) is 0 Å². The third-order valence-electron chi connectivity index (χ3n) is 3.72. The van der Waals surface area contributed by atoms with Gasteiger partial charge in [-0.25, -0.2) is 0 Å².